The van der Waals surface area contributed by atoms with Crippen molar-refractivity contribution in [3.8, 4) is 0 Å². The zero-order chi connectivity index (χ0) is 25.4. The Labute approximate surface area is 210 Å². The smallest absolute Gasteiger partial charge is 0.374 e. The fraction of sp³-hybridized carbons (Fsp3) is 0.214. The number of carbonyl (C=O) groups excluding carboxylic acids is 2. The highest BCUT2D eigenvalue weighted by Crippen LogP contribution is 2.44. The van der Waals surface area contributed by atoms with Crippen LogP contribution >= 0.6 is 0 Å². The summed E-state index contributed by atoms with van der Waals surface area (Å²) in [6.07, 6.45) is 7.66. The highest BCUT2D eigenvalue weighted by atomic mass is 16.5. The standard InChI is InChI=1S/C28H22N2O7/c31-21-15-24(37-22-10-2-1-8-19(21)22)28(33)36-16-25(32)30-27(23-11-5-13-35-23)20-9-3-6-17(26(20)29-30)14-18-7-4-12-34-18/h1-2,4-5,7-8,10-15,20,27H,3,6,9,16H2. The Morgan fingerprint density at radius 2 is 1.92 bits per heavy atom. The molecule has 9 nitrogen and oxygen atoms in total. The predicted octanol–water partition coefficient (Wildman–Crippen LogP) is 4.96. The van der Waals surface area contributed by atoms with Gasteiger partial charge in [0.05, 0.1) is 23.6 Å². The van der Waals surface area contributed by atoms with Crippen LogP contribution in [0.15, 0.2) is 95.8 Å². The Balaban J connectivity index is 1.25. The van der Waals surface area contributed by atoms with Gasteiger partial charge in [-0.2, -0.15) is 5.10 Å². The number of para-hydroxylation sites is 1. The zero-order valence-corrected chi connectivity index (χ0v) is 19.7. The summed E-state index contributed by atoms with van der Waals surface area (Å²) in [5.41, 5.74) is 1.68. The minimum Gasteiger partial charge on any atom is -0.467 e. The van der Waals surface area contributed by atoms with Crippen molar-refractivity contribution in [1.82, 2.24) is 5.01 Å². The van der Waals surface area contributed by atoms with Gasteiger partial charge in [-0.05, 0) is 67.3 Å². The van der Waals surface area contributed by atoms with E-state index in [9.17, 15) is 14.4 Å². The van der Waals surface area contributed by atoms with Gasteiger partial charge in [0.2, 0.25) is 5.76 Å². The van der Waals surface area contributed by atoms with Crippen LogP contribution in [-0.2, 0) is 9.53 Å². The van der Waals surface area contributed by atoms with E-state index in [1.54, 1.807) is 42.9 Å². The van der Waals surface area contributed by atoms with E-state index in [0.717, 1.165) is 36.6 Å². The normalized spacial score (nSPS) is 20.2. The summed E-state index contributed by atoms with van der Waals surface area (Å²) in [5.74, 6) is -0.458. The Hall–Kier alpha value is -4.66. The fourth-order valence-electron chi connectivity index (χ4n) is 4.96. The molecule has 1 saturated carbocycles. The van der Waals surface area contributed by atoms with Gasteiger partial charge in [0.25, 0.3) is 5.91 Å². The Kier molecular flexibility index (Phi) is 5.80. The number of nitrogens with zero attached hydrogens (tertiary/aromatic N) is 2. The molecule has 2 aliphatic rings. The lowest BCUT2D eigenvalue weighted by molar-refractivity contribution is -0.137. The van der Waals surface area contributed by atoms with Crippen LogP contribution in [-0.4, -0.2) is 29.2 Å². The molecule has 37 heavy (non-hydrogen) atoms. The van der Waals surface area contributed by atoms with E-state index in [0.29, 0.717) is 16.9 Å². The van der Waals surface area contributed by atoms with Crippen LogP contribution in [0.1, 0.15) is 47.4 Å². The molecular formula is C28H22N2O7. The largest absolute Gasteiger partial charge is 0.467 e. The van der Waals surface area contributed by atoms with Crippen LogP contribution < -0.4 is 5.43 Å². The van der Waals surface area contributed by atoms with Crippen LogP contribution in [0.4, 0.5) is 0 Å². The summed E-state index contributed by atoms with van der Waals surface area (Å²) in [4.78, 5) is 38.3. The molecule has 2 unspecified atom stereocenters. The molecule has 0 saturated heterocycles. The molecule has 2 atom stereocenters. The minimum absolute atomic E-state index is 0.0701. The predicted molar refractivity (Wildman–Crippen MR) is 133 cm³/mol. The van der Waals surface area contributed by atoms with Crippen LogP contribution in [0, 0.1) is 5.92 Å². The molecule has 6 rings (SSSR count). The third-order valence-electron chi connectivity index (χ3n) is 6.61. The molecule has 4 aromatic rings. The van der Waals surface area contributed by atoms with Gasteiger partial charge < -0.3 is 18.0 Å². The summed E-state index contributed by atoms with van der Waals surface area (Å²) in [5, 5.41) is 6.37. The Morgan fingerprint density at radius 1 is 1.08 bits per heavy atom. The van der Waals surface area contributed by atoms with E-state index in [-0.39, 0.29) is 22.7 Å². The number of esters is 1. The second-order valence-corrected chi connectivity index (χ2v) is 8.91. The number of hydrogen-bond acceptors (Lipinski definition) is 8. The molecule has 0 bridgehead atoms. The summed E-state index contributed by atoms with van der Waals surface area (Å²) in [6.45, 7) is -0.576. The van der Waals surface area contributed by atoms with E-state index in [4.69, 9.17) is 18.0 Å². The van der Waals surface area contributed by atoms with Crippen LogP contribution in [0.3, 0.4) is 0 Å². The first-order valence-electron chi connectivity index (χ1n) is 12.0. The van der Waals surface area contributed by atoms with Gasteiger partial charge in [-0.3, -0.25) is 9.59 Å². The van der Waals surface area contributed by atoms with Crippen molar-refractivity contribution >= 4 is 34.6 Å². The minimum atomic E-state index is -0.909. The molecule has 1 aliphatic heterocycles. The molecule has 1 amide bonds. The topological polar surface area (TPSA) is 115 Å². The van der Waals surface area contributed by atoms with Crippen molar-refractivity contribution in [1.29, 1.82) is 0 Å². The lowest BCUT2D eigenvalue weighted by Gasteiger charge is -2.27. The number of allylic oxidation sites excluding steroid dienone is 1. The van der Waals surface area contributed by atoms with Crippen molar-refractivity contribution < 1.29 is 27.6 Å². The van der Waals surface area contributed by atoms with Gasteiger partial charge in [-0.1, -0.05) is 12.1 Å². The first-order chi connectivity index (χ1) is 18.1. The maximum Gasteiger partial charge on any atom is 0.374 e. The summed E-state index contributed by atoms with van der Waals surface area (Å²) in [6, 6.07) is 14.4. The first kappa shape index (κ1) is 22.8. The van der Waals surface area contributed by atoms with Crippen molar-refractivity contribution in [3.05, 3.63) is 100 Å². The molecule has 1 aliphatic carbocycles. The lowest BCUT2D eigenvalue weighted by Crippen LogP contribution is -2.34. The van der Waals surface area contributed by atoms with Gasteiger partial charge in [0.15, 0.2) is 12.0 Å². The summed E-state index contributed by atoms with van der Waals surface area (Å²) >= 11 is 0. The van der Waals surface area contributed by atoms with Gasteiger partial charge in [0, 0.05) is 12.0 Å². The SMILES string of the molecule is O=C(OCC(=O)N1N=C2C(=Cc3ccco3)CCCC2C1c1ccco1)c1cc(=O)c2ccccc2o1. The third-order valence-corrected chi connectivity index (χ3v) is 6.61. The van der Waals surface area contributed by atoms with Crippen molar-refractivity contribution in [2.45, 2.75) is 25.3 Å². The molecule has 1 fully saturated rings. The number of hydrogen-bond donors (Lipinski definition) is 0. The van der Waals surface area contributed by atoms with E-state index < -0.39 is 24.5 Å². The average molecular weight is 498 g/mol. The number of fused-ring (bicyclic) bond motifs is 2. The second kappa shape index (κ2) is 9.42. The van der Waals surface area contributed by atoms with Crippen molar-refractivity contribution in [2.75, 3.05) is 6.61 Å². The van der Waals surface area contributed by atoms with Crippen LogP contribution in [0.5, 0.6) is 0 Å². The van der Waals surface area contributed by atoms with E-state index >= 15 is 0 Å². The number of ether oxygens (including phenoxy) is 1. The van der Waals surface area contributed by atoms with E-state index in [1.165, 1.54) is 5.01 Å². The lowest BCUT2D eigenvalue weighted by atomic mass is 9.79. The maximum atomic E-state index is 13.3. The molecule has 186 valence electrons. The monoisotopic (exact) mass is 498 g/mol. The van der Waals surface area contributed by atoms with Crippen molar-refractivity contribution in [2.24, 2.45) is 11.0 Å². The molecule has 0 spiro atoms. The van der Waals surface area contributed by atoms with Crippen LogP contribution in [0.2, 0.25) is 0 Å². The van der Waals surface area contributed by atoms with E-state index in [2.05, 4.69) is 5.10 Å². The summed E-state index contributed by atoms with van der Waals surface area (Å²) < 4.78 is 21.9. The van der Waals surface area contributed by atoms with Gasteiger partial charge in [-0.25, -0.2) is 9.80 Å². The molecule has 4 heterocycles. The van der Waals surface area contributed by atoms with Crippen LogP contribution in [0.25, 0.3) is 17.0 Å². The molecule has 0 radical (unpaired) electrons. The number of amides is 1. The molecule has 1 aromatic carbocycles. The molecular weight excluding hydrogens is 476 g/mol. The fourth-order valence-corrected chi connectivity index (χ4v) is 4.96. The molecule has 3 aromatic heterocycles. The third kappa shape index (κ3) is 4.29. The second-order valence-electron chi connectivity index (χ2n) is 8.91. The zero-order valence-electron chi connectivity index (χ0n) is 19.7. The summed E-state index contributed by atoms with van der Waals surface area (Å²) in [7, 11) is 0. The number of hydrazone groups is 1. The Morgan fingerprint density at radius 3 is 2.73 bits per heavy atom. The van der Waals surface area contributed by atoms with E-state index in [1.807, 2.05) is 24.3 Å². The van der Waals surface area contributed by atoms with Gasteiger partial charge >= 0.3 is 5.97 Å². The van der Waals surface area contributed by atoms with Gasteiger partial charge in [-0.15, -0.1) is 0 Å². The molecule has 9 heteroatoms. The Bertz CT molecular complexity index is 1580. The maximum absolute atomic E-state index is 13.3. The highest BCUT2D eigenvalue weighted by molar-refractivity contribution is 6.08. The molecule has 0 N–H and O–H groups in total. The highest BCUT2D eigenvalue weighted by Gasteiger charge is 2.45. The number of carbonyl (C=O) groups is 2. The number of furan rings is 2. The average Bonchev–Trinajstić information content (AvgIpc) is 3.68. The number of rotatable bonds is 5. The quantitative estimate of drug-likeness (QED) is 0.357. The van der Waals surface area contributed by atoms with Gasteiger partial charge in [0.1, 0.15) is 23.1 Å². The number of benzene rings is 1. The first-order valence-corrected chi connectivity index (χ1v) is 12.0. The van der Waals surface area contributed by atoms with Crippen molar-refractivity contribution in [3.63, 3.8) is 0 Å².